The monoisotopic (exact) mass is 490 g/mol. The topological polar surface area (TPSA) is 125 Å². The predicted molar refractivity (Wildman–Crippen MR) is 134 cm³/mol. The maximum atomic E-state index is 13.3. The highest BCUT2D eigenvalue weighted by Gasteiger charge is 2.33. The van der Waals surface area contributed by atoms with Crippen LogP contribution in [-0.4, -0.2) is 40.3 Å². The number of amides is 2. The molecule has 0 aromatic heterocycles. The summed E-state index contributed by atoms with van der Waals surface area (Å²) in [4.78, 5) is 38.0. The van der Waals surface area contributed by atoms with Crippen LogP contribution in [0.1, 0.15) is 36.0 Å². The first-order valence-corrected chi connectivity index (χ1v) is 11.7. The fourth-order valence-corrected chi connectivity index (χ4v) is 3.94. The van der Waals surface area contributed by atoms with E-state index in [1.165, 1.54) is 12.1 Å². The molecule has 0 fully saturated rings. The number of rotatable bonds is 11. The third-order valence-corrected chi connectivity index (χ3v) is 5.83. The van der Waals surface area contributed by atoms with Crippen LogP contribution < -0.4 is 10.6 Å². The van der Waals surface area contributed by atoms with Crippen molar-refractivity contribution in [1.82, 2.24) is 10.6 Å². The molecule has 0 radical (unpaired) electrons. The zero-order valence-electron chi connectivity index (χ0n) is 20.0. The summed E-state index contributed by atoms with van der Waals surface area (Å²) in [5.41, 5.74) is 2.25. The smallest absolute Gasteiger partial charge is 0.408 e. The van der Waals surface area contributed by atoms with Gasteiger partial charge >= 0.3 is 12.1 Å². The van der Waals surface area contributed by atoms with Crippen LogP contribution in [0.25, 0.3) is 0 Å². The van der Waals surface area contributed by atoms with Crippen LogP contribution in [0, 0.1) is 0 Å². The number of carbonyl (C=O) groups is 3. The molecule has 0 saturated heterocycles. The van der Waals surface area contributed by atoms with E-state index in [1.54, 1.807) is 12.1 Å². The fourth-order valence-electron chi connectivity index (χ4n) is 3.94. The Morgan fingerprint density at radius 3 is 1.97 bits per heavy atom. The Morgan fingerprint density at radius 1 is 0.833 bits per heavy atom. The maximum absolute atomic E-state index is 13.3. The van der Waals surface area contributed by atoms with Crippen LogP contribution in [0.15, 0.2) is 84.9 Å². The molecular formula is C28H30N2O6. The molecule has 188 valence electrons. The van der Waals surface area contributed by atoms with Crippen molar-refractivity contribution in [3.05, 3.63) is 102 Å². The van der Waals surface area contributed by atoms with E-state index in [0.29, 0.717) is 12.0 Å². The van der Waals surface area contributed by atoms with Crippen LogP contribution in [0.2, 0.25) is 0 Å². The van der Waals surface area contributed by atoms with Gasteiger partial charge in [-0.1, -0.05) is 79.7 Å². The van der Waals surface area contributed by atoms with Crippen molar-refractivity contribution < 1.29 is 29.3 Å². The van der Waals surface area contributed by atoms with E-state index in [2.05, 4.69) is 10.6 Å². The van der Waals surface area contributed by atoms with Crippen molar-refractivity contribution >= 4 is 18.0 Å². The first-order chi connectivity index (χ1) is 17.4. The van der Waals surface area contributed by atoms with Crippen LogP contribution in [0.3, 0.4) is 0 Å². The molecule has 3 unspecified atom stereocenters. The van der Waals surface area contributed by atoms with Crippen LogP contribution in [-0.2, 0) is 27.4 Å². The summed E-state index contributed by atoms with van der Waals surface area (Å²) in [6.07, 6.45) is -0.208. The first-order valence-electron chi connectivity index (χ1n) is 11.7. The average molecular weight is 491 g/mol. The minimum atomic E-state index is -1.24. The van der Waals surface area contributed by atoms with Crippen molar-refractivity contribution in [2.24, 2.45) is 0 Å². The highest BCUT2D eigenvalue weighted by atomic mass is 16.5. The number of aromatic hydroxyl groups is 1. The summed E-state index contributed by atoms with van der Waals surface area (Å²) in [5.74, 6) is -2.33. The van der Waals surface area contributed by atoms with Crippen molar-refractivity contribution in [2.45, 2.75) is 44.4 Å². The number of aliphatic carboxylic acids is 1. The molecule has 3 aromatic rings. The predicted octanol–water partition coefficient (Wildman–Crippen LogP) is 3.99. The summed E-state index contributed by atoms with van der Waals surface area (Å²) in [5, 5.41) is 24.7. The molecule has 0 aliphatic heterocycles. The number of hydrogen-bond acceptors (Lipinski definition) is 5. The number of alkyl carbamates (subject to hydrolysis) is 1. The third kappa shape index (κ3) is 7.59. The van der Waals surface area contributed by atoms with Gasteiger partial charge in [0.15, 0.2) is 0 Å². The number of nitrogens with one attached hydrogen (secondary N) is 2. The van der Waals surface area contributed by atoms with Gasteiger partial charge in [-0.3, -0.25) is 4.79 Å². The molecule has 0 saturated carbocycles. The van der Waals surface area contributed by atoms with Crippen LogP contribution in [0.5, 0.6) is 5.75 Å². The van der Waals surface area contributed by atoms with Crippen molar-refractivity contribution in [3.63, 3.8) is 0 Å². The molecule has 3 atom stereocenters. The second kappa shape index (κ2) is 12.9. The summed E-state index contributed by atoms with van der Waals surface area (Å²) < 4.78 is 5.28. The van der Waals surface area contributed by atoms with E-state index >= 15 is 0 Å². The number of benzene rings is 3. The number of phenolic OH excluding ortho intramolecular Hbond substituents is 1. The summed E-state index contributed by atoms with van der Waals surface area (Å²) >= 11 is 0. The number of hydrogen-bond donors (Lipinski definition) is 4. The van der Waals surface area contributed by atoms with Gasteiger partial charge in [0.05, 0.1) is 0 Å². The molecule has 8 nitrogen and oxygen atoms in total. The number of ether oxygens (including phenoxy) is 1. The molecule has 3 rings (SSSR count). The van der Waals surface area contributed by atoms with Crippen molar-refractivity contribution in [3.8, 4) is 5.75 Å². The largest absolute Gasteiger partial charge is 0.508 e. The highest BCUT2D eigenvalue weighted by molar-refractivity contribution is 5.90. The number of carbonyl (C=O) groups excluding carboxylic acids is 2. The second-order valence-corrected chi connectivity index (χ2v) is 8.38. The molecule has 8 heteroatoms. The fraction of sp³-hybridized carbons (Fsp3) is 0.250. The van der Waals surface area contributed by atoms with Crippen LogP contribution in [0.4, 0.5) is 4.79 Å². The molecule has 0 aliphatic rings. The lowest BCUT2D eigenvalue weighted by atomic mass is 9.88. The Balaban J connectivity index is 1.76. The number of carboxylic acids is 1. The second-order valence-electron chi connectivity index (χ2n) is 8.38. The summed E-state index contributed by atoms with van der Waals surface area (Å²) in [7, 11) is 0. The lowest BCUT2D eigenvalue weighted by molar-refractivity contribution is -0.142. The van der Waals surface area contributed by atoms with Gasteiger partial charge in [0.2, 0.25) is 5.91 Å². The molecule has 2 amide bonds. The minimum absolute atomic E-state index is 0.0306. The molecular weight excluding hydrogens is 460 g/mol. The van der Waals surface area contributed by atoms with Gasteiger partial charge in [-0.05, 0) is 35.2 Å². The molecule has 36 heavy (non-hydrogen) atoms. The van der Waals surface area contributed by atoms with Gasteiger partial charge < -0.3 is 25.6 Å². The highest BCUT2D eigenvalue weighted by Crippen LogP contribution is 2.26. The van der Waals surface area contributed by atoms with Gasteiger partial charge in [0.25, 0.3) is 0 Å². The molecule has 0 spiro atoms. The summed E-state index contributed by atoms with van der Waals surface area (Å²) in [6, 6.07) is 22.1. The van der Waals surface area contributed by atoms with Gasteiger partial charge in [-0.25, -0.2) is 9.59 Å². The average Bonchev–Trinajstić information content (AvgIpc) is 2.89. The van der Waals surface area contributed by atoms with Crippen molar-refractivity contribution in [2.75, 3.05) is 0 Å². The van der Waals surface area contributed by atoms with E-state index in [-0.39, 0.29) is 18.8 Å². The van der Waals surface area contributed by atoms with E-state index < -0.39 is 36.0 Å². The first kappa shape index (κ1) is 26.3. The van der Waals surface area contributed by atoms with Crippen LogP contribution >= 0.6 is 0 Å². The quantitative estimate of drug-likeness (QED) is 0.322. The molecule has 0 bridgehead atoms. The zero-order valence-corrected chi connectivity index (χ0v) is 20.0. The Kier molecular flexibility index (Phi) is 9.45. The van der Waals surface area contributed by atoms with E-state index in [1.807, 2.05) is 67.6 Å². The van der Waals surface area contributed by atoms with E-state index in [9.17, 15) is 24.6 Å². The Hall–Kier alpha value is -4.33. The normalized spacial score (nSPS) is 13.1. The lowest BCUT2D eigenvalue weighted by Gasteiger charge is -2.27. The number of phenols is 1. The number of carboxylic acid groups (broad SMARTS) is 1. The molecule has 4 N–H and O–H groups in total. The van der Waals surface area contributed by atoms with E-state index in [0.717, 1.165) is 11.1 Å². The molecule has 0 aliphatic carbocycles. The SMILES string of the molecule is CCC(c1ccc(O)cc1)C(NC(=O)C(Cc1ccccc1)NC(=O)OCc1ccccc1)C(=O)O. The van der Waals surface area contributed by atoms with Crippen molar-refractivity contribution in [1.29, 1.82) is 0 Å². The Morgan fingerprint density at radius 2 is 1.42 bits per heavy atom. The molecule has 0 heterocycles. The lowest BCUT2D eigenvalue weighted by Crippen LogP contribution is -2.54. The van der Waals surface area contributed by atoms with E-state index in [4.69, 9.17) is 4.74 Å². The standard InChI is InChI=1S/C28H30N2O6/c1-2-23(21-13-15-22(31)16-14-21)25(27(33)34)30-26(32)24(17-19-9-5-3-6-10-19)29-28(35)36-18-20-11-7-4-8-12-20/h3-16,23-25,31H,2,17-18H2,1H3,(H,29,35)(H,30,32)(H,33,34). The maximum Gasteiger partial charge on any atom is 0.408 e. The third-order valence-electron chi connectivity index (χ3n) is 5.83. The Bertz CT molecular complexity index is 1140. The molecule has 3 aromatic carbocycles. The van der Waals surface area contributed by atoms with Gasteiger partial charge in [0.1, 0.15) is 24.4 Å². The van der Waals surface area contributed by atoms with Gasteiger partial charge in [-0.15, -0.1) is 0 Å². The summed E-state index contributed by atoms with van der Waals surface area (Å²) in [6.45, 7) is 1.85. The zero-order chi connectivity index (χ0) is 25.9. The van der Waals surface area contributed by atoms with Gasteiger partial charge in [-0.2, -0.15) is 0 Å². The minimum Gasteiger partial charge on any atom is -0.508 e. The Labute approximate surface area is 209 Å². The van der Waals surface area contributed by atoms with Gasteiger partial charge in [0, 0.05) is 12.3 Å².